The Morgan fingerprint density at radius 3 is 2.88 bits per heavy atom. The first kappa shape index (κ1) is 12.0. The first-order chi connectivity index (χ1) is 8.19. The maximum absolute atomic E-state index is 5.48. The Morgan fingerprint density at radius 1 is 1.29 bits per heavy atom. The van der Waals surface area contributed by atoms with E-state index in [1.807, 2.05) is 0 Å². The van der Waals surface area contributed by atoms with Crippen molar-refractivity contribution < 1.29 is 0 Å². The third-order valence-electron chi connectivity index (χ3n) is 2.46. The van der Waals surface area contributed by atoms with Gasteiger partial charge in [0.1, 0.15) is 5.01 Å². The normalized spacial score (nSPS) is 10.5. The number of nitrogens with zero attached hydrogens (tertiary/aromatic N) is 2. The van der Waals surface area contributed by atoms with Gasteiger partial charge in [-0.2, -0.15) is 0 Å². The average molecular weight is 248 g/mol. The summed E-state index contributed by atoms with van der Waals surface area (Å²) in [6.07, 6.45) is 0.784. The van der Waals surface area contributed by atoms with E-state index in [0.717, 1.165) is 22.2 Å². The largest absolute Gasteiger partial charge is 0.330 e. The van der Waals surface area contributed by atoms with Gasteiger partial charge in [0.15, 0.2) is 0 Å². The number of hydrogen-bond donors (Lipinski definition) is 2. The zero-order chi connectivity index (χ0) is 12.3. The summed E-state index contributed by atoms with van der Waals surface area (Å²) in [7, 11) is 0. The van der Waals surface area contributed by atoms with Crippen LogP contribution in [0.2, 0.25) is 0 Å². The second-order valence-electron chi connectivity index (χ2n) is 3.98. The monoisotopic (exact) mass is 248 g/mol. The molecular weight excluding hydrogens is 232 g/mol. The lowest BCUT2D eigenvalue weighted by atomic mass is 10.1. The van der Waals surface area contributed by atoms with Crippen LogP contribution in [0.5, 0.6) is 0 Å². The number of nitrogens with one attached hydrogen (secondary N) is 1. The van der Waals surface area contributed by atoms with Gasteiger partial charge >= 0.3 is 0 Å². The number of hydrogen-bond acceptors (Lipinski definition) is 5. The minimum Gasteiger partial charge on any atom is -0.330 e. The molecule has 2 aromatic rings. The number of anilines is 2. The molecule has 0 spiro atoms. The number of aromatic nitrogens is 2. The molecule has 1 aromatic carbocycles. The Morgan fingerprint density at radius 2 is 2.12 bits per heavy atom. The molecule has 4 nitrogen and oxygen atoms in total. The Balaban J connectivity index is 2.16. The summed E-state index contributed by atoms with van der Waals surface area (Å²) in [6.45, 7) is 4.76. The molecule has 0 radical (unpaired) electrons. The smallest absolute Gasteiger partial charge is 0.210 e. The summed E-state index contributed by atoms with van der Waals surface area (Å²) in [6, 6.07) is 6.30. The average Bonchev–Trinajstić information content (AvgIpc) is 2.72. The molecule has 0 aliphatic heterocycles. The maximum atomic E-state index is 5.48. The lowest BCUT2D eigenvalue weighted by Gasteiger charge is -2.06. The second kappa shape index (κ2) is 5.25. The molecule has 0 amide bonds. The van der Waals surface area contributed by atoms with E-state index in [1.54, 1.807) is 11.3 Å². The molecule has 5 heteroatoms. The van der Waals surface area contributed by atoms with E-state index in [4.69, 9.17) is 5.73 Å². The van der Waals surface area contributed by atoms with Gasteiger partial charge in [0, 0.05) is 12.1 Å². The fraction of sp³-hybridized carbons (Fsp3) is 0.333. The van der Waals surface area contributed by atoms with Crippen molar-refractivity contribution in [3.8, 4) is 0 Å². The number of rotatable bonds is 4. The highest BCUT2D eigenvalue weighted by molar-refractivity contribution is 7.15. The Kier molecular flexibility index (Phi) is 3.71. The van der Waals surface area contributed by atoms with Gasteiger partial charge in [-0.1, -0.05) is 23.5 Å². The van der Waals surface area contributed by atoms with Crippen molar-refractivity contribution in [3.05, 3.63) is 34.3 Å². The van der Waals surface area contributed by atoms with Gasteiger partial charge < -0.3 is 11.1 Å². The third-order valence-corrected chi connectivity index (χ3v) is 3.36. The van der Waals surface area contributed by atoms with Crippen LogP contribution in [0.3, 0.4) is 0 Å². The quantitative estimate of drug-likeness (QED) is 0.872. The van der Waals surface area contributed by atoms with E-state index >= 15 is 0 Å². The van der Waals surface area contributed by atoms with Crippen molar-refractivity contribution in [2.24, 2.45) is 5.73 Å². The van der Waals surface area contributed by atoms with Crippen molar-refractivity contribution in [3.63, 3.8) is 0 Å². The van der Waals surface area contributed by atoms with E-state index < -0.39 is 0 Å². The highest BCUT2D eigenvalue weighted by Crippen LogP contribution is 2.24. The summed E-state index contributed by atoms with van der Waals surface area (Å²) >= 11 is 1.55. The number of aryl methyl sites for hydroxylation is 2. The van der Waals surface area contributed by atoms with E-state index in [9.17, 15) is 0 Å². The molecule has 0 saturated carbocycles. The lowest BCUT2D eigenvalue weighted by Crippen LogP contribution is -2.01. The van der Waals surface area contributed by atoms with Crippen LogP contribution in [0.1, 0.15) is 16.1 Å². The fourth-order valence-corrected chi connectivity index (χ4v) is 2.28. The van der Waals surface area contributed by atoms with Gasteiger partial charge in [0.05, 0.1) is 0 Å². The van der Waals surface area contributed by atoms with Crippen molar-refractivity contribution in [1.82, 2.24) is 10.2 Å². The molecule has 0 saturated heterocycles. The minimum absolute atomic E-state index is 0.609. The summed E-state index contributed by atoms with van der Waals surface area (Å²) in [5.74, 6) is 0. The van der Waals surface area contributed by atoms with Crippen molar-refractivity contribution >= 4 is 22.2 Å². The van der Waals surface area contributed by atoms with Gasteiger partial charge in [-0.25, -0.2) is 0 Å². The van der Waals surface area contributed by atoms with Crippen molar-refractivity contribution in [2.75, 3.05) is 11.9 Å². The van der Waals surface area contributed by atoms with Crippen LogP contribution in [0, 0.1) is 13.8 Å². The highest BCUT2D eigenvalue weighted by Gasteiger charge is 2.05. The van der Waals surface area contributed by atoms with Gasteiger partial charge in [-0.05, 0) is 37.6 Å². The number of nitrogens with two attached hydrogens (primary N) is 1. The van der Waals surface area contributed by atoms with E-state index in [1.165, 1.54) is 11.1 Å². The number of benzene rings is 1. The van der Waals surface area contributed by atoms with Crippen LogP contribution in [-0.2, 0) is 6.42 Å². The minimum atomic E-state index is 0.609. The van der Waals surface area contributed by atoms with Gasteiger partial charge in [0.25, 0.3) is 0 Å². The molecule has 0 fully saturated rings. The van der Waals surface area contributed by atoms with Crippen LogP contribution in [0.4, 0.5) is 10.8 Å². The molecule has 3 N–H and O–H groups in total. The van der Waals surface area contributed by atoms with Crippen LogP contribution in [0.15, 0.2) is 18.2 Å². The van der Waals surface area contributed by atoms with E-state index in [0.29, 0.717) is 6.54 Å². The van der Waals surface area contributed by atoms with Gasteiger partial charge in [-0.15, -0.1) is 10.2 Å². The van der Waals surface area contributed by atoms with Crippen LogP contribution >= 0.6 is 11.3 Å². The predicted octanol–water partition coefficient (Wildman–Crippen LogP) is 2.40. The molecule has 90 valence electrons. The molecule has 0 aliphatic carbocycles. The Labute approximate surface area is 105 Å². The topological polar surface area (TPSA) is 63.8 Å². The molecule has 1 heterocycles. The molecule has 17 heavy (non-hydrogen) atoms. The lowest BCUT2D eigenvalue weighted by molar-refractivity contribution is 0.913. The highest BCUT2D eigenvalue weighted by atomic mass is 32.1. The van der Waals surface area contributed by atoms with Crippen molar-refractivity contribution in [1.29, 1.82) is 0 Å². The molecule has 1 aromatic heterocycles. The molecule has 0 aliphatic rings. The third kappa shape index (κ3) is 3.01. The van der Waals surface area contributed by atoms with E-state index in [2.05, 4.69) is 47.6 Å². The van der Waals surface area contributed by atoms with E-state index in [-0.39, 0.29) is 0 Å². The zero-order valence-corrected chi connectivity index (χ0v) is 10.8. The fourth-order valence-electron chi connectivity index (χ4n) is 1.51. The Bertz CT molecular complexity index is 507. The molecule has 0 atom stereocenters. The molecular formula is C12H16N4S. The summed E-state index contributed by atoms with van der Waals surface area (Å²) in [5.41, 5.74) is 9.00. The second-order valence-corrected chi connectivity index (χ2v) is 5.05. The Hall–Kier alpha value is -1.46. The van der Waals surface area contributed by atoms with Crippen LogP contribution < -0.4 is 11.1 Å². The van der Waals surface area contributed by atoms with Gasteiger partial charge in [-0.3, -0.25) is 0 Å². The summed E-state index contributed by atoms with van der Waals surface area (Å²) in [4.78, 5) is 0. The van der Waals surface area contributed by atoms with Crippen LogP contribution in [0.25, 0.3) is 0 Å². The summed E-state index contributed by atoms with van der Waals surface area (Å²) < 4.78 is 0. The molecule has 0 unspecified atom stereocenters. The maximum Gasteiger partial charge on any atom is 0.210 e. The molecule has 0 bridgehead atoms. The van der Waals surface area contributed by atoms with Crippen molar-refractivity contribution in [2.45, 2.75) is 20.3 Å². The SMILES string of the molecule is Cc1ccc(C)c(Nc2nnc(CCN)s2)c1. The molecule has 2 rings (SSSR count). The van der Waals surface area contributed by atoms with Gasteiger partial charge in [0.2, 0.25) is 5.13 Å². The first-order valence-corrected chi connectivity index (χ1v) is 6.37. The predicted molar refractivity (Wildman–Crippen MR) is 71.9 cm³/mol. The zero-order valence-electron chi connectivity index (χ0n) is 10.0. The van der Waals surface area contributed by atoms with Crippen LogP contribution in [-0.4, -0.2) is 16.7 Å². The standard InChI is InChI=1S/C12H16N4S/c1-8-3-4-9(2)10(7-8)14-12-16-15-11(17-12)5-6-13/h3-4,7H,5-6,13H2,1-2H3,(H,14,16). The summed E-state index contributed by atoms with van der Waals surface area (Å²) in [5, 5.41) is 13.3. The first-order valence-electron chi connectivity index (χ1n) is 5.56.